The number of hydrogen-bond donors (Lipinski definition) is 2. The van der Waals surface area contributed by atoms with Crippen LogP contribution in [-0.2, 0) is 14.3 Å². The second kappa shape index (κ2) is 9.87. The lowest BCUT2D eigenvalue weighted by Crippen LogP contribution is -2.57. The zero-order valence-corrected chi connectivity index (χ0v) is 19.8. The fraction of sp³-hybridized carbons (Fsp3) is 0.444. The molecule has 0 bridgehead atoms. The third kappa shape index (κ3) is 4.65. The van der Waals surface area contributed by atoms with E-state index in [0.717, 1.165) is 24.0 Å². The third-order valence-corrected chi connectivity index (χ3v) is 7.11. The Bertz CT molecular complexity index is 1040. The van der Waals surface area contributed by atoms with Gasteiger partial charge in [0.25, 0.3) is 0 Å². The molecule has 180 valence electrons. The molecule has 0 spiro atoms. The van der Waals surface area contributed by atoms with E-state index in [1.54, 1.807) is 6.92 Å². The number of rotatable bonds is 7. The molecule has 1 aliphatic heterocycles. The molecule has 7 heteroatoms. The maximum Gasteiger partial charge on any atom is 0.407 e. The minimum atomic E-state index is -1.16. The Morgan fingerprint density at radius 2 is 1.71 bits per heavy atom. The average Bonchev–Trinajstić information content (AvgIpc) is 3.15. The summed E-state index contributed by atoms with van der Waals surface area (Å²) in [7, 11) is 0. The van der Waals surface area contributed by atoms with E-state index in [1.807, 2.05) is 31.2 Å². The number of piperidine rings is 1. The highest BCUT2D eigenvalue weighted by atomic mass is 16.5. The average molecular weight is 465 g/mol. The van der Waals surface area contributed by atoms with Gasteiger partial charge in [-0.15, -0.1) is 0 Å². The van der Waals surface area contributed by atoms with Crippen LogP contribution in [0.5, 0.6) is 0 Å². The molecular weight excluding hydrogens is 432 g/mol. The van der Waals surface area contributed by atoms with E-state index >= 15 is 0 Å². The molecule has 2 aromatic rings. The number of fused-ring (bicyclic) bond motifs is 3. The molecular formula is C27H32N2O5. The van der Waals surface area contributed by atoms with Crippen LogP contribution < -0.4 is 5.32 Å². The molecule has 1 aliphatic carbocycles. The Morgan fingerprint density at radius 3 is 2.32 bits per heavy atom. The van der Waals surface area contributed by atoms with Crippen molar-refractivity contribution in [1.29, 1.82) is 0 Å². The number of amides is 2. The minimum absolute atomic E-state index is 0.00931. The van der Waals surface area contributed by atoms with E-state index in [1.165, 1.54) is 16.0 Å². The van der Waals surface area contributed by atoms with Gasteiger partial charge in [-0.3, -0.25) is 4.79 Å². The van der Waals surface area contributed by atoms with Crippen LogP contribution in [0.4, 0.5) is 4.79 Å². The summed E-state index contributed by atoms with van der Waals surface area (Å²) in [5, 5.41) is 12.4. The number of carbonyl (C=O) groups is 3. The number of carboxylic acids is 1. The summed E-state index contributed by atoms with van der Waals surface area (Å²) in [6, 6.07) is 16.3. The zero-order chi connectivity index (χ0) is 24.3. The van der Waals surface area contributed by atoms with Gasteiger partial charge in [0.05, 0.1) is 0 Å². The van der Waals surface area contributed by atoms with Gasteiger partial charge >= 0.3 is 12.1 Å². The normalized spacial score (nSPS) is 20.2. The van der Waals surface area contributed by atoms with E-state index in [2.05, 4.69) is 29.6 Å². The van der Waals surface area contributed by atoms with Crippen molar-refractivity contribution in [2.24, 2.45) is 5.92 Å². The Hall–Kier alpha value is -3.35. The molecule has 7 nitrogen and oxygen atoms in total. The van der Waals surface area contributed by atoms with Crippen LogP contribution in [0.2, 0.25) is 0 Å². The highest BCUT2D eigenvalue weighted by molar-refractivity contribution is 5.87. The van der Waals surface area contributed by atoms with Gasteiger partial charge in [0.2, 0.25) is 5.91 Å². The van der Waals surface area contributed by atoms with E-state index in [0.29, 0.717) is 13.0 Å². The summed E-state index contributed by atoms with van der Waals surface area (Å²) in [6.45, 7) is 4.45. The number of carboxylic acid groups (broad SMARTS) is 1. The number of nitrogens with zero attached hydrogens (tertiary/aromatic N) is 1. The van der Waals surface area contributed by atoms with Crippen LogP contribution >= 0.6 is 0 Å². The number of alkyl carbamates (subject to hydrolysis) is 1. The van der Waals surface area contributed by atoms with E-state index in [9.17, 15) is 19.5 Å². The zero-order valence-electron chi connectivity index (χ0n) is 19.8. The van der Waals surface area contributed by atoms with E-state index < -0.39 is 17.6 Å². The fourth-order valence-electron chi connectivity index (χ4n) is 5.13. The third-order valence-electron chi connectivity index (χ3n) is 7.11. The van der Waals surface area contributed by atoms with Gasteiger partial charge in [-0.05, 0) is 54.4 Å². The molecule has 0 saturated carbocycles. The Labute approximate surface area is 200 Å². The number of benzene rings is 2. The molecule has 2 atom stereocenters. The van der Waals surface area contributed by atoms with Gasteiger partial charge in [0.15, 0.2) is 0 Å². The lowest BCUT2D eigenvalue weighted by atomic mass is 9.87. The maximum absolute atomic E-state index is 12.8. The van der Waals surface area contributed by atoms with Gasteiger partial charge < -0.3 is 20.1 Å². The fourth-order valence-corrected chi connectivity index (χ4v) is 5.13. The first-order valence-electron chi connectivity index (χ1n) is 11.9. The molecule has 2 aromatic carbocycles. The summed E-state index contributed by atoms with van der Waals surface area (Å²) in [5.41, 5.74) is 3.49. The number of ether oxygens (including phenoxy) is 1. The van der Waals surface area contributed by atoms with Gasteiger partial charge in [-0.25, -0.2) is 9.59 Å². The van der Waals surface area contributed by atoms with E-state index in [4.69, 9.17) is 4.74 Å². The topological polar surface area (TPSA) is 95.9 Å². The van der Waals surface area contributed by atoms with Gasteiger partial charge in [0, 0.05) is 25.4 Å². The lowest BCUT2D eigenvalue weighted by molar-refractivity contribution is -0.161. The monoisotopic (exact) mass is 464 g/mol. The maximum atomic E-state index is 12.8. The van der Waals surface area contributed by atoms with E-state index in [-0.39, 0.29) is 37.3 Å². The van der Waals surface area contributed by atoms with Crippen molar-refractivity contribution < 1.29 is 24.2 Å². The van der Waals surface area contributed by atoms with Crippen molar-refractivity contribution in [3.63, 3.8) is 0 Å². The lowest BCUT2D eigenvalue weighted by Gasteiger charge is -2.42. The highest BCUT2D eigenvalue weighted by Gasteiger charge is 2.43. The van der Waals surface area contributed by atoms with Crippen LogP contribution in [0.3, 0.4) is 0 Å². The van der Waals surface area contributed by atoms with Gasteiger partial charge in [-0.1, -0.05) is 55.5 Å². The number of nitrogens with one attached hydrogen (secondary N) is 1. The van der Waals surface area contributed by atoms with Gasteiger partial charge in [0.1, 0.15) is 12.1 Å². The first-order chi connectivity index (χ1) is 16.3. The summed E-state index contributed by atoms with van der Waals surface area (Å²) >= 11 is 0. The summed E-state index contributed by atoms with van der Waals surface area (Å²) in [4.78, 5) is 38.5. The highest BCUT2D eigenvalue weighted by Crippen LogP contribution is 2.44. The van der Waals surface area contributed by atoms with Crippen molar-refractivity contribution in [3.05, 3.63) is 59.7 Å². The molecule has 4 rings (SSSR count). The first kappa shape index (κ1) is 23.8. The standard InChI is InChI=1S/C27H32N2O5/c1-18(15-24(30)29-14-8-7-13-27(29,2)25(31)32)16-28-26(33)34-17-23-21-11-5-3-9-19(21)20-10-4-6-12-22(20)23/h3-6,9-12,18,23H,7-8,13-17H2,1-2H3,(H,28,33)(H,31,32). The van der Waals surface area contributed by atoms with Crippen LogP contribution in [0.1, 0.15) is 56.6 Å². The first-order valence-corrected chi connectivity index (χ1v) is 11.9. The number of hydrogen-bond acceptors (Lipinski definition) is 4. The van der Waals surface area contributed by atoms with Crippen molar-refractivity contribution in [3.8, 4) is 11.1 Å². The molecule has 1 heterocycles. The predicted octanol–water partition coefficient (Wildman–Crippen LogP) is 4.41. The summed E-state index contributed by atoms with van der Waals surface area (Å²) in [6.07, 6.45) is 1.72. The Balaban J connectivity index is 1.28. The molecule has 0 aromatic heterocycles. The quantitative estimate of drug-likeness (QED) is 0.633. The molecule has 1 saturated heterocycles. The SMILES string of the molecule is CC(CNC(=O)OCC1c2ccccc2-c2ccccc21)CC(=O)N1CCCCC1(C)C(=O)O. The molecule has 0 radical (unpaired) electrons. The Kier molecular flexibility index (Phi) is 6.91. The van der Waals surface area contributed by atoms with Gasteiger partial charge in [-0.2, -0.15) is 0 Å². The number of likely N-dealkylation sites (tertiary alicyclic amines) is 1. The minimum Gasteiger partial charge on any atom is -0.480 e. The second-order valence-corrected chi connectivity index (χ2v) is 9.60. The summed E-state index contributed by atoms with van der Waals surface area (Å²) in [5.74, 6) is -1.31. The molecule has 2 N–H and O–H groups in total. The van der Waals surface area contributed by atoms with Crippen LogP contribution in [-0.4, -0.2) is 53.2 Å². The predicted molar refractivity (Wildman–Crippen MR) is 128 cm³/mol. The largest absolute Gasteiger partial charge is 0.480 e. The van der Waals surface area contributed by atoms with Crippen LogP contribution in [0.25, 0.3) is 11.1 Å². The van der Waals surface area contributed by atoms with Crippen molar-refractivity contribution >= 4 is 18.0 Å². The van der Waals surface area contributed by atoms with Crippen molar-refractivity contribution in [1.82, 2.24) is 10.2 Å². The molecule has 34 heavy (non-hydrogen) atoms. The molecule has 2 amide bonds. The van der Waals surface area contributed by atoms with Crippen molar-refractivity contribution in [2.45, 2.75) is 51.0 Å². The molecule has 2 unspecified atom stereocenters. The Morgan fingerprint density at radius 1 is 1.09 bits per heavy atom. The number of aliphatic carboxylic acids is 1. The molecule has 1 fully saturated rings. The number of carbonyl (C=O) groups excluding carboxylic acids is 2. The van der Waals surface area contributed by atoms with Crippen LogP contribution in [0.15, 0.2) is 48.5 Å². The molecule has 2 aliphatic rings. The summed E-state index contributed by atoms with van der Waals surface area (Å²) < 4.78 is 5.55. The second-order valence-electron chi connectivity index (χ2n) is 9.60. The smallest absolute Gasteiger partial charge is 0.407 e. The van der Waals surface area contributed by atoms with Crippen molar-refractivity contribution in [2.75, 3.05) is 19.7 Å². The van der Waals surface area contributed by atoms with Crippen LogP contribution in [0, 0.1) is 5.92 Å².